The summed E-state index contributed by atoms with van der Waals surface area (Å²) in [5.74, 6) is -0.271. The third kappa shape index (κ3) is 5.37. The van der Waals surface area contributed by atoms with Crippen LogP contribution in [0.15, 0.2) is 24.3 Å². The lowest BCUT2D eigenvalue weighted by molar-refractivity contribution is -0.141. The van der Waals surface area contributed by atoms with Gasteiger partial charge in [0.25, 0.3) is 0 Å². The van der Waals surface area contributed by atoms with Crippen molar-refractivity contribution in [2.45, 2.75) is 52.5 Å². The first-order chi connectivity index (χ1) is 15.0. The maximum Gasteiger partial charge on any atom is 0.314 e. The Hall–Kier alpha value is -2.28. The van der Waals surface area contributed by atoms with E-state index in [1.807, 2.05) is 30.9 Å². The Morgan fingerprint density at radius 1 is 1.09 bits per heavy atom. The molecule has 3 N–H and O–H groups in total. The van der Waals surface area contributed by atoms with Gasteiger partial charge in [0.15, 0.2) is 0 Å². The molecule has 0 bridgehead atoms. The van der Waals surface area contributed by atoms with E-state index in [-0.39, 0.29) is 29.1 Å². The topological polar surface area (TPSA) is 95.7 Å². The molecule has 0 saturated carbocycles. The van der Waals surface area contributed by atoms with Crippen molar-refractivity contribution in [1.29, 1.82) is 0 Å². The van der Waals surface area contributed by atoms with E-state index < -0.39 is 12.1 Å². The van der Waals surface area contributed by atoms with Gasteiger partial charge in [-0.3, -0.25) is 9.59 Å². The van der Waals surface area contributed by atoms with Gasteiger partial charge in [-0.2, -0.15) is 0 Å². The minimum absolute atomic E-state index is 0.0410. The third-order valence-corrected chi connectivity index (χ3v) is 7.17. The number of hydrogen-bond donors (Lipinski definition) is 2. The fraction of sp³-hybridized carbons (Fsp3) is 0.625. The number of hydrogen-bond acceptors (Lipinski definition) is 3. The van der Waals surface area contributed by atoms with Crippen molar-refractivity contribution < 1.29 is 14.4 Å². The third-order valence-electron chi connectivity index (χ3n) is 6.91. The zero-order valence-electron chi connectivity index (χ0n) is 19.4. The molecule has 7 nitrogen and oxygen atoms in total. The molecule has 2 aliphatic rings. The van der Waals surface area contributed by atoms with Gasteiger partial charge in [-0.05, 0) is 47.8 Å². The van der Waals surface area contributed by atoms with Crippen molar-refractivity contribution in [3.8, 4) is 0 Å². The summed E-state index contributed by atoms with van der Waals surface area (Å²) in [5.41, 5.74) is 6.46. The number of carbonyl (C=O) groups is 3. The second-order valence-electron chi connectivity index (χ2n) is 10.1. The molecule has 176 valence electrons. The van der Waals surface area contributed by atoms with Crippen molar-refractivity contribution in [2.75, 3.05) is 26.2 Å². The smallest absolute Gasteiger partial charge is 0.314 e. The Balaban J connectivity index is 1.66. The van der Waals surface area contributed by atoms with E-state index in [9.17, 15) is 14.4 Å². The summed E-state index contributed by atoms with van der Waals surface area (Å²) in [4.78, 5) is 41.0. The number of amides is 4. The van der Waals surface area contributed by atoms with Gasteiger partial charge in [-0.25, -0.2) is 4.79 Å². The van der Waals surface area contributed by atoms with Crippen molar-refractivity contribution >= 4 is 29.4 Å². The Morgan fingerprint density at radius 3 is 2.25 bits per heavy atom. The second-order valence-corrected chi connectivity index (χ2v) is 10.6. The Morgan fingerprint density at radius 2 is 1.72 bits per heavy atom. The van der Waals surface area contributed by atoms with Gasteiger partial charge in [-0.1, -0.05) is 51.4 Å². The van der Waals surface area contributed by atoms with Crippen LogP contribution in [0.2, 0.25) is 5.02 Å². The van der Waals surface area contributed by atoms with Crippen LogP contribution in [-0.4, -0.2) is 59.9 Å². The predicted molar refractivity (Wildman–Crippen MR) is 125 cm³/mol. The minimum atomic E-state index is -0.590. The van der Waals surface area contributed by atoms with E-state index >= 15 is 0 Å². The number of piperidine rings is 1. The summed E-state index contributed by atoms with van der Waals surface area (Å²) in [6.45, 7) is 10.3. The first-order valence-corrected chi connectivity index (χ1v) is 11.8. The number of rotatable bonds is 5. The van der Waals surface area contributed by atoms with Crippen molar-refractivity contribution in [1.82, 2.24) is 15.1 Å². The van der Waals surface area contributed by atoms with Crippen LogP contribution in [-0.2, 0) is 9.59 Å². The molecule has 0 aliphatic carbocycles. The van der Waals surface area contributed by atoms with Crippen LogP contribution in [0.5, 0.6) is 0 Å². The van der Waals surface area contributed by atoms with Crippen LogP contribution in [0.1, 0.15) is 52.0 Å². The van der Waals surface area contributed by atoms with Crippen LogP contribution >= 0.6 is 11.6 Å². The molecule has 8 heteroatoms. The Bertz CT molecular complexity index is 855. The van der Waals surface area contributed by atoms with Crippen LogP contribution in [0.25, 0.3) is 0 Å². The molecule has 2 heterocycles. The molecule has 1 aromatic rings. The zero-order chi connectivity index (χ0) is 23.6. The van der Waals surface area contributed by atoms with E-state index in [1.165, 1.54) is 10.5 Å². The summed E-state index contributed by atoms with van der Waals surface area (Å²) in [6.07, 6.45) is 1.42. The van der Waals surface area contributed by atoms with Crippen LogP contribution in [0, 0.1) is 17.3 Å². The number of benzene rings is 1. The van der Waals surface area contributed by atoms with Crippen molar-refractivity contribution in [2.24, 2.45) is 23.0 Å². The predicted octanol–water partition coefficient (Wildman–Crippen LogP) is 3.22. The Labute approximate surface area is 195 Å². The molecule has 2 saturated heterocycles. The average molecular weight is 463 g/mol. The van der Waals surface area contributed by atoms with Gasteiger partial charge < -0.3 is 20.9 Å². The minimum Gasteiger partial charge on any atom is -0.351 e. The highest BCUT2D eigenvalue weighted by molar-refractivity contribution is 6.30. The van der Waals surface area contributed by atoms with E-state index in [2.05, 4.69) is 31.3 Å². The molecule has 32 heavy (non-hydrogen) atoms. The highest BCUT2D eigenvalue weighted by Gasteiger charge is 2.41. The van der Waals surface area contributed by atoms with Gasteiger partial charge in [0.05, 0.1) is 5.92 Å². The summed E-state index contributed by atoms with van der Waals surface area (Å²) in [6, 6.07) is 6.87. The second kappa shape index (κ2) is 9.69. The zero-order valence-corrected chi connectivity index (χ0v) is 20.2. The maximum atomic E-state index is 13.4. The van der Waals surface area contributed by atoms with Gasteiger partial charge in [-0.15, -0.1) is 0 Å². The summed E-state index contributed by atoms with van der Waals surface area (Å²) in [5, 5.41) is 3.69. The number of primary amides is 1. The maximum absolute atomic E-state index is 13.4. The highest BCUT2D eigenvalue weighted by Crippen LogP contribution is 2.42. The lowest BCUT2D eigenvalue weighted by Gasteiger charge is -2.45. The number of carbonyl (C=O) groups excluding carboxylic acids is 3. The van der Waals surface area contributed by atoms with Crippen LogP contribution in [0.3, 0.4) is 0 Å². The van der Waals surface area contributed by atoms with Crippen LogP contribution < -0.4 is 11.1 Å². The van der Waals surface area contributed by atoms with Crippen molar-refractivity contribution in [3.05, 3.63) is 34.9 Å². The molecule has 0 spiro atoms. The molecule has 4 amide bonds. The van der Waals surface area contributed by atoms with Gasteiger partial charge in [0, 0.05) is 31.2 Å². The van der Waals surface area contributed by atoms with Gasteiger partial charge in [0.1, 0.15) is 6.04 Å². The monoisotopic (exact) mass is 462 g/mol. The summed E-state index contributed by atoms with van der Waals surface area (Å²) in [7, 11) is 0. The lowest BCUT2D eigenvalue weighted by atomic mass is 9.70. The average Bonchev–Trinajstić information content (AvgIpc) is 3.22. The molecule has 0 radical (unpaired) electrons. The van der Waals surface area contributed by atoms with E-state index in [1.54, 1.807) is 0 Å². The molecule has 1 aromatic carbocycles. The Kier molecular flexibility index (Phi) is 7.38. The molecule has 1 unspecified atom stereocenters. The lowest BCUT2D eigenvalue weighted by Crippen LogP contribution is -2.56. The largest absolute Gasteiger partial charge is 0.351 e. The number of likely N-dealkylation sites (tertiary alicyclic amines) is 2. The van der Waals surface area contributed by atoms with Crippen molar-refractivity contribution in [3.63, 3.8) is 0 Å². The molecule has 2 aliphatic heterocycles. The van der Waals surface area contributed by atoms with E-state index in [4.69, 9.17) is 17.3 Å². The number of halogens is 1. The molecule has 0 aromatic heterocycles. The fourth-order valence-corrected chi connectivity index (χ4v) is 5.14. The molecule has 3 rings (SSSR count). The first kappa shape index (κ1) is 24.4. The molecule has 3 atom stereocenters. The van der Waals surface area contributed by atoms with E-state index in [0.29, 0.717) is 38.5 Å². The van der Waals surface area contributed by atoms with E-state index in [0.717, 1.165) is 11.4 Å². The quantitative estimate of drug-likeness (QED) is 0.703. The molecular formula is C24H35ClN4O3. The summed E-state index contributed by atoms with van der Waals surface area (Å²) < 4.78 is 0. The van der Waals surface area contributed by atoms with Crippen LogP contribution in [0.4, 0.5) is 4.79 Å². The standard InChI is InChI=1S/C24H35ClN4O3/c1-15(2)20(27-21(30)17-9-11-28(13-17)23(26)32)22(31)29-12-10-19(24(3,4)14-29)16-5-7-18(25)8-6-16/h5-8,15,17,19-20H,9-14H2,1-4H3,(H2,26,32)(H,27,30)/t17-,19?,20-/m1/s1. The highest BCUT2D eigenvalue weighted by atomic mass is 35.5. The number of nitrogens with zero attached hydrogens (tertiary/aromatic N) is 2. The first-order valence-electron chi connectivity index (χ1n) is 11.4. The number of nitrogens with one attached hydrogen (secondary N) is 1. The SMILES string of the molecule is CC(C)[C@@H](NC(=O)[C@@H]1CCN(C(N)=O)C1)C(=O)N1CCC(c2ccc(Cl)cc2)C(C)(C)C1. The summed E-state index contributed by atoms with van der Waals surface area (Å²) >= 11 is 6.05. The normalized spacial score (nSPS) is 23.8. The fourth-order valence-electron chi connectivity index (χ4n) is 5.01. The number of urea groups is 1. The van der Waals surface area contributed by atoms with Gasteiger partial charge >= 0.3 is 6.03 Å². The number of nitrogens with two attached hydrogens (primary N) is 1. The molecular weight excluding hydrogens is 428 g/mol. The molecule has 2 fully saturated rings. The van der Waals surface area contributed by atoms with Gasteiger partial charge in [0.2, 0.25) is 11.8 Å².